The van der Waals surface area contributed by atoms with Crippen molar-refractivity contribution in [2.75, 3.05) is 39.3 Å². The highest BCUT2D eigenvalue weighted by atomic mass is 15.2. The lowest BCUT2D eigenvalue weighted by molar-refractivity contribution is 0.145. The Kier molecular flexibility index (Phi) is 6.13. The molecule has 2 nitrogen and oxygen atoms in total. The zero-order chi connectivity index (χ0) is 16.1. The zero-order valence-corrected chi connectivity index (χ0v) is 15.1. The van der Waals surface area contributed by atoms with Gasteiger partial charge < -0.3 is 9.80 Å². The predicted molar refractivity (Wildman–Crippen MR) is 99.1 cm³/mol. The molecule has 1 aromatic rings. The highest BCUT2D eigenvalue weighted by Gasteiger charge is 2.21. The summed E-state index contributed by atoms with van der Waals surface area (Å²) in [6.45, 7) is 12.4. The predicted octanol–water partition coefficient (Wildman–Crippen LogP) is 4.16. The first-order chi connectivity index (χ1) is 11.2. The highest BCUT2D eigenvalue weighted by molar-refractivity contribution is 5.25. The average Bonchev–Trinajstić information content (AvgIpc) is 2.62. The van der Waals surface area contributed by atoms with Gasteiger partial charge in [0.15, 0.2) is 0 Å². The minimum Gasteiger partial charge on any atom is -0.302 e. The molecular formula is C21H34N2. The molecule has 0 atom stereocenters. The number of aryl methyl sites for hydroxylation is 1. The van der Waals surface area contributed by atoms with Crippen LogP contribution < -0.4 is 0 Å². The fourth-order valence-corrected chi connectivity index (χ4v) is 4.08. The lowest BCUT2D eigenvalue weighted by atomic mass is 9.89. The second kappa shape index (κ2) is 8.30. The lowest BCUT2D eigenvalue weighted by Crippen LogP contribution is -2.41. The number of likely N-dealkylation sites (tertiary alicyclic amines) is 2. The minimum absolute atomic E-state index is 0.785. The Hall–Kier alpha value is -0.860. The van der Waals surface area contributed by atoms with Gasteiger partial charge in [0.25, 0.3) is 0 Å². The van der Waals surface area contributed by atoms with Crippen molar-refractivity contribution in [2.45, 2.75) is 51.9 Å². The topological polar surface area (TPSA) is 6.48 Å². The van der Waals surface area contributed by atoms with Crippen molar-refractivity contribution in [3.63, 3.8) is 0 Å². The van der Waals surface area contributed by atoms with Crippen molar-refractivity contribution in [1.82, 2.24) is 9.80 Å². The number of piperidine rings is 2. The summed E-state index contributed by atoms with van der Waals surface area (Å²) in [5.41, 5.74) is 3.02. The summed E-state index contributed by atoms with van der Waals surface area (Å²) < 4.78 is 0. The van der Waals surface area contributed by atoms with Gasteiger partial charge in [-0.2, -0.15) is 0 Å². The van der Waals surface area contributed by atoms with E-state index in [4.69, 9.17) is 0 Å². The fraction of sp³-hybridized carbons (Fsp3) is 0.714. The van der Waals surface area contributed by atoms with Crippen LogP contribution in [0.15, 0.2) is 24.3 Å². The van der Waals surface area contributed by atoms with E-state index in [1.165, 1.54) is 70.5 Å². The molecule has 3 rings (SSSR count). The Morgan fingerprint density at radius 3 is 1.87 bits per heavy atom. The minimum atomic E-state index is 0.785. The van der Waals surface area contributed by atoms with Gasteiger partial charge in [-0.1, -0.05) is 38.1 Å². The van der Waals surface area contributed by atoms with Crippen LogP contribution in [-0.4, -0.2) is 49.1 Å². The van der Waals surface area contributed by atoms with Crippen LogP contribution in [0.4, 0.5) is 0 Å². The molecule has 23 heavy (non-hydrogen) atoms. The molecule has 0 radical (unpaired) electrons. The average molecular weight is 315 g/mol. The van der Waals surface area contributed by atoms with Crippen LogP contribution in [0.2, 0.25) is 0 Å². The van der Waals surface area contributed by atoms with E-state index in [-0.39, 0.29) is 0 Å². The molecule has 2 saturated heterocycles. The van der Waals surface area contributed by atoms with Crippen LogP contribution >= 0.6 is 0 Å². The smallest absolute Gasteiger partial charge is 0.0109 e. The molecule has 128 valence electrons. The maximum atomic E-state index is 2.69. The molecule has 1 aromatic carbocycles. The van der Waals surface area contributed by atoms with E-state index in [9.17, 15) is 0 Å². The SMILES string of the molecule is CCc1ccc(C2CCN(CCN3CCC(C)CC3)CC2)cc1. The first kappa shape index (κ1) is 17.0. The van der Waals surface area contributed by atoms with Crippen LogP contribution in [0.1, 0.15) is 56.6 Å². The van der Waals surface area contributed by atoms with E-state index in [0.29, 0.717) is 0 Å². The van der Waals surface area contributed by atoms with Crippen molar-refractivity contribution in [3.05, 3.63) is 35.4 Å². The molecule has 2 fully saturated rings. The normalized spacial score (nSPS) is 22.5. The van der Waals surface area contributed by atoms with E-state index in [2.05, 4.69) is 47.9 Å². The molecule has 0 amide bonds. The number of hydrogen-bond acceptors (Lipinski definition) is 2. The zero-order valence-electron chi connectivity index (χ0n) is 15.1. The van der Waals surface area contributed by atoms with Gasteiger partial charge in [0.2, 0.25) is 0 Å². The number of benzene rings is 1. The van der Waals surface area contributed by atoms with Crippen molar-refractivity contribution in [2.24, 2.45) is 5.92 Å². The molecule has 2 aliphatic rings. The summed E-state index contributed by atoms with van der Waals surface area (Å²) in [5.74, 6) is 1.73. The monoisotopic (exact) mass is 314 g/mol. The standard InChI is InChI=1S/C21H34N2/c1-3-19-4-6-20(7-5-19)21-10-14-23(15-11-21)17-16-22-12-8-18(2)9-13-22/h4-7,18,21H,3,8-17H2,1-2H3. The van der Waals surface area contributed by atoms with Crippen molar-refractivity contribution >= 4 is 0 Å². The van der Waals surface area contributed by atoms with Crippen molar-refractivity contribution < 1.29 is 0 Å². The summed E-state index contributed by atoms with van der Waals surface area (Å²) in [6, 6.07) is 9.38. The van der Waals surface area contributed by atoms with Crippen LogP contribution in [0.3, 0.4) is 0 Å². The van der Waals surface area contributed by atoms with Gasteiger partial charge in [0.05, 0.1) is 0 Å². The Morgan fingerprint density at radius 1 is 0.826 bits per heavy atom. The number of nitrogens with zero attached hydrogens (tertiary/aromatic N) is 2. The van der Waals surface area contributed by atoms with E-state index in [0.717, 1.165) is 18.3 Å². The van der Waals surface area contributed by atoms with Gasteiger partial charge in [-0.15, -0.1) is 0 Å². The first-order valence-corrected chi connectivity index (χ1v) is 9.78. The Bertz CT molecular complexity index is 451. The van der Waals surface area contributed by atoms with Crippen LogP contribution in [-0.2, 0) is 6.42 Å². The molecule has 0 N–H and O–H groups in total. The second-order valence-corrected chi connectivity index (χ2v) is 7.74. The fourth-order valence-electron chi connectivity index (χ4n) is 4.08. The van der Waals surface area contributed by atoms with Crippen LogP contribution in [0, 0.1) is 5.92 Å². The van der Waals surface area contributed by atoms with Crippen LogP contribution in [0.25, 0.3) is 0 Å². The van der Waals surface area contributed by atoms with Gasteiger partial charge in [0, 0.05) is 13.1 Å². The molecule has 0 unspecified atom stereocenters. The third-order valence-corrected chi connectivity index (χ3v) is 6.06. The maximum absolute atomic E-state index is 2.69. The van der Waals surface area contributed by atoms with Crippen LogP contribution in [0.5, 0.6) is 0 Å². The Labute approximate surface area is 142 Å². The van der Waals surface area contributed by atoms with Gasteiger partial charge in [-0.25, -0.2) is 0 Å². The Balaban J connectivity index is 1.39. The summed E-state index contributed by atoms with van der Waals surface area (Å²) in [6.07, 6.45) is 6.62. The second-order valence-electron chi connectivity index (χ2n) is 7.74. The molecule has 0 saturated carbocycles. The number of rotatable bonds is 5. The molecule has 0 aliphatic carbocycles. The third-order valence-electron chi connectivity index (χ3n) is 6.06. The van der Waals surface area contributed by atoms with Gasteiger partial charge in [-0.05, 0) is 81.2 Å². The molecule has 0 bridgehead atoms. The van der Waals surface area contributed by atoms with E-state index >= 15 is 0 Å². The molecule has 2 aliphatic heterocycles. The largest absolute Gasteiger partial charge is 0.302 e. The first-order valence-electron chi connectivity index (χ1n) is 9.78. The summed E-state index contributed by atoms with van der Waals surface area (Å²) in [5, 5.41) is 0. The number of hydrogen-bond donors (Lipinski definition) is 0. The highest BCUT2D eigenvalue weighted by Crippen LogP contribution is 2.28. The quantitative estimate of drug-likeness (QED) is 0.805. The summed E-state index contributed by atoms with van der Waals surface area (Å²) in [4.78, 5) is 5.37. The van der Waals surface area contributed by atoms with E-state index in [1.807, 2.05) is 0 Å². The maximum Gasteiger partial charge on any atom is 0.0109 e. The molecule has 0 aromatic heterocycles. The van der Waals surface area contributed by atoms with Gasteiger partial charge in [0.1, 0.15) is 0 Å². The van der Waals surface area contributed by atoms with Gasteiger partial charge in [-0.3, -0.25) is 0 Å². The van der Waals surface area contributed by atoms with Crippen molar-refractivity contribution in [1.29, 1.82) is 0 Å². The summed E-state index contributed by atoms with van der Waals surface area (Å²) in [7, 11) is 0. The van der Waals surface area contributed by atoms with E-state index in [1.54, 1.807) is 5.56 Å². The Morgan fingerprint density at radius 2 is 1.35 bits per heavy atom. The molecule has 0 spiro atoms. The third kappa shape index (κ3) is 4.81. The lowest BCUT2D eigenvalue weighted by Gasteiger charge is -2.35. The molecule has 2 heterocycles. The summed E-state index contributed by atoms with van der Waals surface area (Å²) >= 11 is 0. The van der Waals surface area contributed by atoms with Crippen molar-refractivity contribution in [3.8, 4) is 0 Å². The molecule has 2 heteroatoms. The molecular weight excluding hydrogens is 280 g/mol. The van der Waals surface area contributed by atoms with E-state index < -0.39 is 0 Å². The van der Waals surface area contributed by atoms with Gasteiger partial charge >= 0.3 is 0 Å².